The Labute approximate surface area is 197 Å². The molecule has 0 aliphatic carbocycles. The number of anilines is 1. The number of carbonyl (C=O) groups is 1. The molecule has 3 aromatic carbocycles. The topological polar surface area (TPSA) is 54.9 Å². The number of hydrogen-bond donors (Lipinski definition) is 0. The number of ether oxygens (including phenoxy) is 2. The molecule has 4 aromatic rings. The fourth-order valence-corrected chi connectivity index (χ4v) is 4.84. The van der Waals surface area contributed by atoms with E-state index in [1.165, 1.54) is 11.3 Å². The molecule has 1 aliphatic heterocycles. The lowest BCUT2D eigenvalue weighted by atomic mass is 10.0. The zero-order chi connectivity index (χ0) is 22.8. The second kappa shape index (κ2) is 9.21. The molecule has 0 saturated carbocycles. The highest BCUT2D eigenvalue weighted by Crippen LogP contribution is 2.40. The lowest BCUT2D eigenvalue weighted by molar-refractivity contribution is 0.0986. The van der Waals surface area contributed by atoms with Crippen LogP contribution in [0.1, 0.15) is 16.8 Å². The monoisotopic (exact) mass is 459 g/mol. The number of rotatable bonds is 7. The van der Waals surface area contributed by atoms with Gasteiger partial charge in [-0.1, -0.05) is 53.8 Å². The number of hydrogen-bond acceptors (Lipinski definition) is 6. The van der Waals surface area contributed by atoms with E-state index in [4.69, 9.17) is 14.5 Å². The molecule has 0 unspecified atom stereocenters. The van der Waals surface area contributed by atoms with Crippen molar-refractivity contribution in [2.45, 2.75) is 6.42 Å². The number of aromatic nitrogens is 1. The van der Waals surface area contributed by atoms with Crippen LogP contribution in [-0.4, -0.2) is 49.8 Å². The van der Waals surface area contributed by atoms with E-state index < -0.39 is 0 Å². The zero-order valence-corrected chi connectivity index (χ0v) is 19.5. The Morgan fingerprint density at radius 3 is 2.36 bits per heavy atom. The van der Waals surface area contributed by atoms with Gasteiger partial charge >= 0.3 is 0 Å². The van der Waals surface area contributed by atoms with Gasteiger partial charge in [-0.15, -0.1) is 0 Å². The van der Waals surface area contributed by atoms with Gasteiger partial charge < -0.3 is 14.4 Å². The lowest BCUT2D eigenvalue weighted by Gasteiger charge is -2.21. The molecule has 0 saturated heterocycles. The molecule has 0 N–H and O–H groups in total. The average Bonchev–Trinajstić information content (AvgIpc) is 3.46. The molecule has 2 heterocycles. The summed E-state index contributed by atoms with van der Waals surface area (Å²) < 4.78 is 12.0. The maximum absolute atomic E-state index is 13.6. The van der Waals surface area contributed by atoms with Crippen LogP contribution in [-0.2, 0) is 0 Å². The second-order valence-electron chi connectivity index (χ2n) is 8.23. The van der Waals surface area contributed by atoms with Crippen LogP contribution in [0.5, 0.6) is 11.5 Å². The predicted octanol–water partition coefficient (Wildman–Crippen LogP) is 5.29. The second-order valence-corrected chi connectivity index (χ2v) is 9.24. The molecule has 0 bridgehead atoms. The Kier molecular flexibility index (Phi) is 5.98. The molecule has 7 heteroatoms. The van der Waals surface area contributed by atoms with Crippen molar-refractivity contribution in [3.63, 3.8) is 0 Å². The minimum Gasteiger partial charge on any atom is -0.454 e. The first-order chi connectivity index (χ1) is 16.1. The summed E-state index contributed by atoms with van der Waals surface area (Å²) in [5.41, 5.74) is 3.67. The van der Waals surface area contributed by atoms with E-state index >= 15 is 0 Å². The van der Waals surface area contributed by atoms with Gasteiger partial charge in [0, 0.05) is 24.2 Å². The van der Waals surface area contributed by atoms with Crippen LogP contribution in [0, 0.1) is 0 Å². The standard InChI is InChI=1S/C26H25N3O3S/c1-28(2)13-6-14-29(26-27-21-15-22-23(32-17-31-22)16-24(21)33-26)25(30)20-11-9-19(10-12-20)18-7-4-3-5-8-18/h3-5,7-12,15-16H,6,13-14,17H2,1-2H3. The summed E-state index contributed by atoms with van der Waals surface area (Å²) in [6.07, 6.45) is 0.847. The van der Waals surface area contributed by atoms with Crippen LogP contribution in [0.25, 0.3) is 21.3 Å². The van der Waals surface area contributed by atoms with Crippen molar-refractivity contribution in [2.24, 2.45) is 0 Å². The molecule has 1 amide bonds. The molecule has 0 atom stereocenters. The normalized spacial score (nSPS) is 12.5. The van der Waals surface area contributed by atoms with Gasteiger partial charge in [-0.2, -0.15) is 0 Å². The van der Waals surface area contributed by atoms with Gasteiger partial charge in [0.25, 0.3) is 5.91 Å². The Hall–Kier alpha value is -3.42. The molecular formula is C26H25N3O3S. The fourth-order valence-electron chi connectivity index (χ4n) is 3.84. The number of amides is 1. The van der Waals surface area contributed by atoms with Crippen molar-refractivity contribution in [1.82, 2.24) is 9.88 Å². The first kappa shape index (κ1) is 21.4. The molecule has 0 radical (unpaired) electrons. The largest absolute Gasteiger partial charge is 0.454 e. The van der Waals surface area contributed by atoms with Gasteiger partial charge in [-0.3, -0.25) is 9.69 Å². The van der Waals surface area contributed by atoms with Gasteiger partial charge in [0.2, 0.25) is 6.79 Å². The van der Waals surface area contributed by atoms with E-state index in [1.54, 1.807) is 4.90 Å². The lowest BCUT2D eigenvalue weighted by Crippen LogP contribution is -2.33. The Morgan fingerprint density at radius 2 is 1.64 bits per heavy atom. The number of fused-ring (bicyclic) bond motifs is 2. The van der Waals surface area contributed by atoms with Crippen molar-refractivity contribution in [3.05, 3.63) is 72.3 Å². The summed E-state index contributed by atoms with van der Waals surface area (Å²) in [6.45, 7) is 1.70. The molecule has 1 aromatic heterocycles. The molecule has 1 aliphatic rings. The molecule has 0 spiro atoms. The smallest absolute Gasteiger partial charge is 0.260 e. The van der Waals surface area contributed by atoms with E-state index in [0.717, 1.165) is 40.1 Å². The first-order valence-corrected chi connectivity index (χ1v) is 11.7. The van der Waals surface area contributed by atoms with Crippen molar-refractivity contribution < 1.29 is 14.3 Å². The molecule has 33 heavy (non-hydrogen) atoms. The van der Waals surface area contributed by atoms with Crippen molar-refractivity contribution in [2.75, 3.05) is 38.9 Å². The third-order valence-corrected chi connectivity index (χ3v) is 6.61. The van der Waals surface area contributed by atoms with E-state index in [1.807, 2.05) is 68.7 Å². The van der Waals surface area contributed by atoms with Gasteiger partial charge in [0.15, 0.2) is 16.6 Å². The highest BCUT2D eigenvalue weighted by molar-refractivity contribution is 7.22. The summed E-state index contributed by atoms with van der Waals surface area (Å²) in [5, 5.41) is 0.685. The van der Waals surface area contributed by atoms with Gasteiger partial charge in [0.05, 0.1) is 10.2 Å². The zero-order valence-electron chi connectivity index (χ0n) is 18.7. The SMILES string of the molecule is CN(C)CCCN(C(=O)c1ccc(-c2ccccc2)cc1)c1nc2cc3c(cc2s1)OCO3. The first-order valence-electron chi connectivity index (χ1n) is 10.9. The molecule has 5 rings (SSSR count). The Morgan fingerprint density at radius 1 is 0.939 bits per heavy atom. The maximum atomic E-state index is 13.6. The molecule has 6 nitrogen and oxygen atoms in total. The van der Waals surface area contributed by atoms with Crippen LogP contribution in [0.2, 0.25) is 0 Å². The van der Waals surface area contributed by atoms with E-state index in [2.05, 4.69) is 17.0 Å². The van der Waals surface area contributed by atoms with Gasteiger partial charge in [0.1, 0.15) is 0 Å². The predicted molar refractivity (Wildman–Crippen MR) is 132 cm³/mol. The highest BCUT2D eigenvalue weighted by Gasteiger charge is 2.23. The van der Waals surface area contributed by atoms with E-state index in [-0.39, 0.29) is 12.7 Å². The van der Waals surface area contributed by atoms with Crippen LogP contribution < -0.4 is 14.4 Å². The molecule has 168 valence electrons. The summed E-state index contributed by atoms with van der Waals surface area (Å²) in [5.74, 6) is 1.37. The van der Waals surface area contributed by atoms with Crippen molar-refractivity contribution in [1.29, 1.82) is 0 Å². The molecule has 0 fully saturated rings. The number of carbonyl (C=O) groups excluding carboxylic acids is 1. The van der Waals surface area contributed by atoms with Gasteiger partial charge in [-0.25, -0.2) is 4.98 Å². The number of nitrogens with zero attached hydrogens (tertiary/aromatic N) is 3. The Balaban J connectivity index is 1.44. The van der Waals surface area contributed by atoms with Crippen LogP contribution in [0.15, 0.2) is 66.7 Å². The molecular weight excluding hydrogens is 434 g/mol. The quantitative estimate of drug-likeness (QED) is 0.376. The average molecular weight is 460 g/mol. The maximum Gasteiger partial charge on any atom is 0.260 e. The number of thiazole rings is 1. The summed E-state index contributed by atoms with van der Waals surface area (Å²) in [4.78, 5) is 22.3. The fraction of sp³-hybridized carbons (Fsp3) is 0.231. The van der Waals surface area contributed by atoms with Crippen LogP contribution in [0.4, 0.5) is 5.13 Å². The summed E-state index contributed by atoms with van der Waals surface area (Å²) in [7, 11) is 4.07. The number of benzene rings is 3. The van der Waals surface area contributed by atoms with Crippen LogP contribution >= 0.6 is 11.3 Å². The van der Waals surface area contributed by atoms with Crippen molar-refractivity contribution >= 4 is 32.6 Å². The summed E-state index contributed by atoms with van der Waals surface area (Å²) in [6, 6.07) is 21.8. The third-order valence-electron chi connectivity index (χ3n) is 5.57. The Bertz CT molecular complexity index is 1230. The summed E-state index contributed by atoms with van der Waals surface area (Å²) >= 11 is 1.50. The minimum atomic E-state index is -0.0486. The van der Waals surface area contributed by atoms with Crippen molar-refractivity contribution in [3.8, 4) is 22.6 Å². The minimum absolute atomic E-state index is 0.0486. The van der Waals surface area contributed by atoms with Gasteiger partial charge in [-0.05, 0) is 50.3 Å². The van der Waals surface area contributed by atoms with Crippen LogP contribution in [0.3, 0.4) is 0 Å². The van der Waals surface area contributed by atoms with E-state index in [9.17, 15) is 4.79 Å². The van der Waals surface area contributed by atoms with E-state index in [0.29, 0.717) is 23.0 Å². The third kappa shape index (κ3) is 4.55. The highest BCUT2D eigenvalue weighted by atomic mass is 32.1.